The van der Waals surface area contributed by atoms with Gasteiger partial charge < -0.3 is 14.5 Å². The second-order valence-corrected chi connectivity index (χ2v) is 6.25. The molecule has 0 bridgehead atoms. The topological polar surface area (TPSA) is 78.5 Å². The number of carbonyl (C=O) groups excluding carboxylic acids is 2. The number of nitrogens with zero attached hydrogens (tertiary/aromatic N) is 3. The number of likely N-dealkylation sites (tertiary alicyclic amines) is 1. The Hall–Kier alpha value is -2.26. The summed E-state index contributed by atoms with van der Waals surface area (Å²) >= 11 is 0. The molecule has 1 N–H and O–H groups in total. The number of hydrogen-bond acceptors (Lipinski definition) is 4. The van der Waals surface area contributed by atoms with E-state index in [1.165, 1.54) is 4.90 Å². The molecule has 2 aliphatic rings. The molecule has 2 aliphatic heterocycles. The van der Waals surface area contributed by atoms with E-state index in [1.807, 2.05) is 12.0 Å². The van der Waals surface area contributed by atoms with Crippen molar-refractivity contribution < 1.29 is 27.5 Å². The average Bonchev–Trinajstić information content (AvgIpc) is 3.20. The van der Waals surface area contributed by atoms with Gasteiger partial charge in [0, 0.05) is 19.1 Å². The second kappa shape index (κ2) is 6.57. The normalized spacial score (nSPS) is 22.4. The lowest BCUT2D eigenvalue weighted by Crippen LogP contribution is -2.47. The van der Waals surface area contributed by atoms with Gasteiger partial charge >= 0.3 is 12.3 Å². The average molecular weight is 360 g/mol. The van der Waals surface area contributed by atoms with Crippen molar-refractivity contribution >= 4 is 12.0 Å². The number of aromatic nitrogens is 2. The largest absolute Gasteiger partial charge is 0.444 e. The molecule has 1 unspecified atom stereocenters. The molecule has 138 valence electrons. The number of carbonyl (C=O) groups is 2. The molecule has 3 rings (SSSR count). The highest BCUT2D eigenvalue weighted by atomic mass is 19.4. The Bertz CT molecular complexity index is 653. The first kappa shape index (κ1) is 17.6. The minimum atomic E-state index is -4.66. The van der Waals surface area contributed by atoms with Crippen molar-refractivity contribution in [3.05, 3.63) is 17.5 Å². The minimum absolute atomic E-state index is 0.0560. The third-order valence-corrected chi connectivity index (χ3v) is 4.70. The summed E-state index contributed by atoms with van der Waals surface area (Å²) in [6, 6.07) is -0.0560. The molecular formula is C15H19F3N4O3. The van der Waals surface area contributed by atoms with E-state index >= 15 is 0 Å². The second-order valence-electron chi connectivity index (χ2n) is 6.25. The molecule has 1 atom stereocenters. The number of ether oxygens (including phenoxy) is 1. The molecule has 7 nitrogen and oxygen atoms in total. The SMILES string of the molecule is CCC1CN(C2CCN(C(=O)c3cn[nH]c3C(F)(F)F)CC2)C(=O)O1. The first-order valence-electron chi connectivity index (χ1n) is 8.18. The lowest BCUT2D eigenvalue weighted by molar-refractivity contribution is -0.141. The van der Waals surface area contributed by atoms with Crippen LogP contribution in [-0.2, 0) is 10.9 Å². The Morgan fingerprint density at radius 1 is 1.40 bits per heavy atom. The number of piperidine rings is 1. The van der Waals surface area contributed by atoms with Crippen LogP contribution in [0.1, 0.15) is 42.2 Å². The van der Waals surface area contributed by atoms with Crippen molar-refractivity contribution in [3.63, 3.8) is 0 Å². The minimum Gasteiger partial charge on any atom is -0.444 e. The monoisotopic (exact) mass is 360 g/mol. The van der Waals surface area contributed by atoms with Crippen LogP contribution in [0, 0.1) is 0 Å². The third-order valence-electron chi connectivity index (χ3n) is 4.70. The number of nitrogens with one attached hydrogen (secondary N) is 1. The Kier molecular flexibility index (Phi) is 4.61. The standard InChI is InChI=1S/C15H19F3N4O3/c1-2-10-8-22(14(24)25-10)9-3-5-21(6-4-9)13(23)11-7-19-20-12(11)15(16,17)18/h7,9-10H,2-6,8H2,1H3,(H,19,20). The van der Waals surface area contributed by atoms with Crippen molar-refractivity contribution in [2.24, 2.45) is 0 Å². The van der Waals surface area contributed by atoms with Gasteiger partial charge in [0.1, 0.15) is 6.10 Å². The summed E-state index contributed by atoms with van der Waals surface area (Å²) in [5.41, 5.74) is -1.61. The molecule has 1 aromatic heterocycles. The van der Waals surface area contributed by atoms with E-state index < -0.39 is 23.3 Å². The highest BCUT2D eigenvalue weighted by Crippen LogP contribution is 2.31. The zero-order chi connectivity index (χ0) is 18.2. The van der Waals surface area contributed by atoms with E-state index in [2.05, 4.69) is 5.10 Å². The number of hydrogen-bond donors (Lipinski definition) is 1. The Morgan fingerprint density at radius 2 is 2.08 bits per heavy atom. The summed E-state index contributed by atoms with van der Waals surface area (Å²) < 4.78 is 43.9. The molecule has 3 heterocycles. The molecule has 2 saturated heterocycles. The predicted octanol–water partition coefficient (Wildman–Crippen LogP) is 2.26. The van der Waals surface area contributed by atoms with E-state index in [9.17, 15) is 22.8 Å². The first-order chi connectivity index (χ1) is 11.8. The van der Waals surface area contributed by atoms with Gasteiger partial charge in [-0.05, 0) is 19.3 Å². The van der Waals surface area contributed by atoms with Gasteiger partial charge in [-0.15, -0.1) is 0 Å². The van der Waals surface area contributed by atoms with Crippen LogP contribution in [0.15, 0.2) is 6.20 Å². The Labute approximate surface area is 142 Å². The zero-order valence-electron chi connectivity index (χ0n) is 13.7. The van der Waals surface area contributed by atoms with E-state index in [0.29, 0.717) is 19.4 Å². The van der Waals surface area contributed by atoms with Crippen LogP contribution >= 0.6 is 0 Å². The van der Waals surface area contributed by atoms with Crippen LogP contribution in [0.2, 0.25) is 0 Å². The van der Waals surface area contributed by atoms with Crippen molar-refractivity contribution in [2.45, 2.75) is 44.5 Å². The summed E-state index contributed by atoms with van der Waals surface area (Å²) in [6.45, 7) is 3.03. The predicted molar refractivity (Wildman–Crippen MR) is 79.8 cm³/mol. The molecule has 1 aromatic rings. The van der Waals surface area contributed by atoms with Gasteiger partial charge in [0.25, 0.3) is 5.91 Å². The lowest BCUT2D eigenvalue weighted by Gasteiger charge is -2.35. The van der Waals surface area contributed by atoms with Gasteiger partial charge in [0.2, 0.25) is 0 Å². The van der Waals surface area contributed by atoms with Crippen LogP contribution < -0.4 is 0 Å². The Balaban J connectivity index is 1.62. The van der Waals surface area contributed by atoms with Crippen LogP contribution in [0.3, 0.4) is 0 Å². The number of alkyl halides is 3. The van der Waals surface area contributed by atoms with Gasteiger partial charge in [-0.3, -0.25) is 9.89 Å². The Morgan fingerprint density at radius 3 is 2.64 bits per heavy atom. The molecule has 0 spiro atoms. The summed E-state index contributed by atoms with van der Waals surface area (Å²) in [4.78, 5) is 27.3. The van der Waals surface area contributed by atoms with Gasteiger partial charge in [-0.2, -0.15) is 18.3 Å². The highest BCUT2D eigenvalue weighted by Gasteiger charge is 2.40. The molecule has 0 radical (unpaired) electrons. The van der Waals surface area contributed by atoms with Gasteiger partial charge in [0.05, 0.1) is 18.3 Å². The zero-order valence-corrected chi connectivity index (χ0v) is 13.7. The van der Waals surface area contributed by atoms with Gasteiger partial charge in [0.15, 0.2) is 5.69 Å². The summed E-state index contributed by atoms with van der Waals surface area (Å²) in [5.74, 6) is -0.699. The van der Waals surface area contributed by atoms with Crippen LogP contribution in [0.25, 0.3) is 0 Å². The van der Waals surface area contributed by atoms with Crippen molar-refractivity contribution in [2.75, 3.05) is 19.6 Å². The van der Waals surface area contributed by atoms with E-state index in [1.54, 1.807) is 4.90 Å². The van der Waals surface area contributed by atoms with Crippen molar-refractivity contribution in [3.8, 4) is 0 Å². The molecule has 0 aromatic carbocycles. The van der Waals surface area contributed by atoms with E-state index in [4.69, 9.17) is 4.74 Å². The quantitative estimate of drug-likeness (QED) is 0.897. The molecule has 25 heavy (non-hydrogen) atoms. The molecular weight excluding hydrogens is 341 g/mol. The lowest BCUT2D eigenvalue weighted by atomic mass is 10.0. The van der Waals surface area contributed by atoms with Crippen LogP contribution in [-0.4, -0.2) is 63.8 Å². The number of cyclic esters (lactones) is 1. The number of halogens is 3. The number of aromatic amines is 1. The maximum absolute atomic E-state index is 12.9. The fraction of sp³-hybridized carbons (Fsp3) is 0.667. The first-order valence-corrected chi connectivity index (χ1v) is 8.18. The maximum Gasteiger partial charge on any atom is 0.433 e. The summed E-state index contributed by atoms with van der Waals surface area (Å²) in [6.07, 6.45) is -2.47. The number of amides is 2. The molecule has 10 heteroatoms. The maximum atomic E-state index is 12.9. The molecule has 2 fully saturated rings. The summed E-state index contributed by atoms with van der Waals surface area (Å²) in [5, 5.41) is 5.19. The number of H-pyrrole nitrogens is 1. The van der Waals surface area contributed by atoms with Crippen LogP contribution in [0.4, 0.5) is 18.0 Å². The molecule has 2 amide bonds. The molecule has 0 saturated carbocycles. The van der Waals surface area contributed by atoms with Crippen LogP contribution in [0.5, 0.6) is 0 Å². The third kappa shape index (κ3) is 3.42. The fourth-order valence-electron chi connectivity index (χ4n) is 3.27. The summed E-state index contributed by atoms with van der Waals surface area (Å²) in [7, 11) is 0. The van der Waals surface area contributed by atoms with Crippen molar-refractivity contribution in [1.82, 2.24) is 20.0 Å². The van der Waals surface area contributed by atoms with E-state index in [0.717, 1.165) is 12.6 Å². The smallest absolute Gasteiger partial charge is 0.433 e. The van der Waals surface area contributed by atoms with Gasteiger partial charge in [-0.25, -0.2) is 4.79 Å². The molecule has 0 aliphatic carbocycles. The van der Waals surface area contributed by atoms with Gasteiger partial charge in [-0.1, -0.05) is 6.92 Å². The van der Waals surface area contributed by atoms with Crippen molar-refractivity contribution in [1.29, 1.82) is 0 Å². The number of rotatable bonds is 3. The fourth-order valence-corrected chi connectivity index (χ4v) is 3.27. The van der Waals surface area contributed by atoms with E-state index in [-0.39, 0.29) is 31.3 Å². The highest BCUT2D eigenvalue weighted by molar-refractivity contribution is 5.95.